The maximum absolute atomic E-state index is 8.87. The molecule has 0 bridgehead atoms. The van der Waals surface area contributed by atoms with Crippen LogP contribution in [0, 0.1) is 11.3 Å². The molecule has 0 fully saturated rings. The summed E-state index contributed by atoms with van der Waals surface area (Å²) in [6.07, 6.45) is 4.21. The van der Waals surface area contributed by atoms with Crippen LogP contribution in [-0.2, 0) is 6.42 Å². The van der Waals surface area contributed by atoms with Crippen molar-refractivity contribution in [2.45, 2.75) is 6.42 Å². The molecule has 0 aliphatic heterocycles. The normalized spacial score (nSPS) is 9.59. The Morgan fingerprint density at radius 1 is 1.12 bits per heavy atom. The maximum atomic E-state index is 8.87. The molecule has 2 aromatic heterocycles. The number of nitrogens with one attached hydrogen (secondary N) is 1. The summed E-state index contributed by atoms with van der Waals surface area (Å²) in [6.45, 7) is 0.734. The molecule has 0 unspecified atom stereocenters. The summed E-state index contributed by atoms with van der Waals surface area (Å²) in [6, 6.07) is 11.6. The summed E-state index contributed by atoms with van der Waals surface area (Å²) in [5, 5.41) is 12.1. The second-order valence-electron chi connectivity index (χ2n) is 3.51. The van der Waals surface area contributed by atoms with Gasteiger partial charge in [0, 0.05) is 31.1 Å². The van der Waals surface area contributed by atoms with E-state index in [1.54, 1.807) is 12.4 Å². The monoisotopic (exact) mass is 224 g/mol. The average molecular weight is 224 g/mol. The lowest BCUT2D eigenvalue weighted by atomic mass is 10.2. The SMILES string of the molecule is N#Cc1ncccc1NCCc1ccccn1. The van der Waals surface area contributed by atoms with Crippen molar-refractivity contribution in [3.05, 3.63) is 54.1 Å². The van der Waals surface area contributed by atoms with Crippen molar-refractivity contribution in [1.29, 1.82) is 5.26 Å². The Bertz CT molecular complexity index is 516. The number of nitriles is 1. The molecule has 0 saturated carbocycles. The van der Waals surface area contributed by atoms with Crippen molar-refractivity contribution in [2.75, 3.05) is 11.9 Å². The summed E-state index contributed by atoms with van der Waals surface area (Å²) < 4.78 is 0. The van der Waals surface area contributed by atoms with Crippen molar-refractivity contribution < 1.29 is 0 Å². The van der Waals surface area contributed by atoms with Crippen LogP contribution < -0.4 is 5.32 Å². The van der Waals surface area contributed by atoms with Crippen molar-refractivity contribution in [3.8, 4) is 6.07 Å². The smallest absolute Gasteiger partial charge is 0.163 e. The molecule has 2 heterocycles. The Morgan fingerprint density at radius 2 is 2.00 bits per heavy atom. The minimum atomic E-state index is 0.425. The molecule has 4 nitrogen and oxygen atoms in total. The predicted octanol–water partition coefficient (Wildman–Crippen LogP) is 2.00. The van der Waals surface area contributed by atoms with Crippen LogP contribution in [0.3, 0.4) is 0 Å². The van der Waals surface area contributed by atoms with E-state index < -0.39 is 0 Å². The highest BCUT2D eigenvalue weighted by molar-refractivity contribution is 5.53. The molecule has 2 aromatic rings. The van der Waals surface area contributed by atoms with Crippen molar-refractivity contribution >= 4 is 5.69 Å². The van der Waals surface area contributed by atoms with Gasteiger partial charge >= 0.3 is 0 Å². The van der Waals surface area contributed by atoms with Gasteiger partial charge < -0.3 is 5.32 Å². The molecule has 0 radical (unpaired) electrons. The highest BCUT2D eigenvalue weighted by Crippen LogP contribution is 2.10. The van der Waals surface area contributed by atoms with Crippen LogP contribution in [0.25, 0.3) is 0 Å². The first-order valence-corrected chi connectivity index (χ1v) is 5.39. The minimum absolute atomic E-state index is 0.425. The van der Waals surface area contributed by atoms with E-state index in [9.17, 15) is 0 Å². The molecule has 84 valence electrons. The van der Waals surface area contributed by atoms with Crippen LogP contribution in [0.15, 0.2) is 42.7 Å². The van der Waals surface area contributed by atoms with E-state index in [-0.39, 0.29) is 0 Å². The van der Waals surface area contributed by atoms with E-state index in [1.165, 1.54) is 0 Å². The number of nitrogens with zero attached hydrogens (tertiary/aromatic N) is 3. The van der Waals surface area contributed by atoms with Gasteiger partial charge in [-0.3, -0.25) is 4.98 Å². The third kappa shape index (κ3) is 3.02. The molecular weight excluding hydrogens is 212 g/mol. The number of hydrogen-bond donors (Lipinski definition) is 1. The quantitative estimate of drug-likeness (QED) is 0.862. The van der Waals surface area contributed by atoms with E-state index in [2.05, 4.69) is 21.4 Å². The van der Waals surface area contributed by atoms with Crippen LogP contribution in [0.2, 0.25) is 0 Å². The van der Waals surface area contributed by atoms with Gasteiger partial charge in [-0.05, 0) is 24.3 Å². The van der Waals surface area contributed by atoms with Gasteiger partial charge in [-0.2, -0.15) is 5.26 Å². The predicted molar refractivity (Wildman–Crippen MR) is 65.4 cm³/mol. The average Bonchev–Trinajstić information content (AvgIpc) is 2.40. The van der Waals surface area contributed by atoms with Crippen molar-refractivity contribution in [1.82, 2.24) is 9.97 Å². The fraction of sp³-hybridized carbons (Fsp3) is 0.154. The highest BCUT2D eigenvalue weighted by atomic mass is 14.9. The van der Waals surface area contributed by atoms with E-state index in [4.69, 9.17) is 5.26 Å². The Labute approximate surface area is 100.0 Å². The number of hydrogen-bond acceptors (Lipinski definition) is 4. The van der Waals surface area contributed by atoms with Gasteiger partial charge in [0.2, 0.25) is 0 Å². The van der Waals surface area contributed by atoms with Crippen molar-refractivity contribution in [2.24, 2.45) is 0 Å². The fourth-order valence-corrected chi connectivity index (χ4v) is 1.51. The summed E-state index contributed by atoms with van der Waals surface area (Å²) in [7, 11) is 0. The van der Waals surface area contributed by atoms with E-state index in [0.717, 1.165) is 24.3 Å². The fourth-order valence-electron chi connectivity index (χ4n) is 1.51. The van der Waals surface area contributed by atoms with Crippen LogP contribution >= 0.6 is 0 Å². The molecule has 1 N–H and O–H groups in total. The van der Waals surface area contributed by atoms with Gasteiger partial charge in [-0.1, -0.05) is 6.07 Å². The third-order valence-electron chi connectivity index (χ3n) is 2.34. The lowest BCUT2D eigenvalue weighted by Gasteiger charge is -2.06. The number of aromatic nitrogens is 2. The summed E-state index contributed by atoms with van der Waals surface area (Å²) >= 11 is 0. The van der Waals surface area contributed by atoms with Gasteiger partial charge in [-0.15, -0.1) is 0 Å². The minimum Gasteiger partial charge on any atom is -0.382 e. The largest absolute Gasteiger partial charge is 0.382 e. The Morgan fingerprint density at radius 3 is 2.76 bits per heavy atom. The van der Waals surface area contributed by atoms with Gasteiger partial charge in [0.1, 0.15) is 6.07 Å². The molecule has 0 aliphatic rings. The number of anilines is 1. The standard InChI is InChI=1S/C13H12N4/c14-10-13-12(5-3-8-16-13)17-9-6-11-4-1-2-7-15-11/h1-5,7-8,17H,6,9H2. The zero-order valence-electron chi connectivity index (χ0n) is 9.30. The van der Waals surface area contributed by atoms with Gasteiger partial charge in [0.25, 0.3) is 0 Å². The lowest BCUT2D eigenvalue weighted by molar-refractivity contribution is 0.959. The number of rotatable bonds is 4. The van der Waals surface area contributed by atoms with Crippen molar-refractivity contribution in [3.63, 3.8) is 0 Å². The molecule has 0 spiro atoms. The van der Waals surface area contributed by atoms with E-state index in [1.807, 2.05) is 30.3 Å². The lowest BCUT2D eigenvalue weighted by Crippen LogP contribution is -2.07. The van der Waals surface area contributed by atoms with Crippen LogP contribution in [0.1, 0.15) is 11.4 Å². The van der Waals surface area contributed by atoms with Gasteiger partial charge in [0.15, 0.2) is 5.69 Å². The summed E-state index contributed by atoms with van der Waals surface area (Å²) in [5.74, 6) is 0. The molecular formula is C13H12N4. The second-order valence-corrected chi connectivity index (χ2v) is 3.51. The zero-order valence-corrected chi connectivity index (χ0v) is 9.30. The topological polar surface area (TPSA) is 61.6 Å². The van der Waals surface area contributed by atoms with Crippen LogP contribution in [0.4, 0.5) is 5.69 Å². The Hall–Kier alpha value is -2.41. The number of pyridine rings is 2. The molecule has 0 aliphatic carbocycles. The molecule has 0 aromatic carbocycles. The maximum Gasteiger partial charge on any atom is 0.163 e. The first-order valence-electron chi connectivity index (χ1n) is 5.39. The first kappa shape index (κ1) is 11.1. The third-order valence-corrected chi connectivity index (χ3v) is 2.34. The molecule has 0 amide bonds. The molecule has 17 heavy (non-hydrogen) atoms. The second kappa shape index (κ2) is 5.61. The zero-order chi connectivity index (χ0) is 11.9. The Kier molecular flexibility index (Phi) is 3.66. The van der Waals surface area contributed by atoms with Crippen LogP contribution in [-0.4, -0.2) is 16.5 Å². The van der Waals surface area contributed by atoms with Crippen LogP contribution in [0.5, 0.6) is 0 Å². The summed E-state index contributed by atoms with van der Waals surface area (Å²) in [4.78, 5) is 8.22. The van der Waals surface area contributed by atoms with Gasteiger partial charge in [0.05, 0.1) is 5.69 Å². The first-order chi connectivity index (χ1) is 8.40. The molecule has 0 atom stereocenters. The van der Waals surface area contributed by atoms with E-state index in [0.29, 0.717) is 5.69 Å². The van der Waals surface area contributed by atoms with E-state index >= 15 is 0 Å². The molecule has 4 heteroatoms. The Balaban J connectivity index is 1.93. The highest BCUT2D eigenvalue weighted by Gasteiger charge is 2.00. The summed E-state index contributed by atoms with van der Waals surface area (Å²) in [5.41, 5.74) is 2.22. The molecule has 2 rings (SSSR count). The molecule has 0 saturated heterocycles. The van der Waals surface area contributed by atoms with Gasteiger partial charge in [-0.25, -0.2) is 4.98 Å².